The molecule has 1 fully saturated rings. The average Bonchev–Trinajstić information content (AvgIpc) is 2.61. The van der Waals surface area contributed by atoms with Gasteiger partial charge in [0, 0.05) is 32.4 Å². The maximum absolute atomic E-state index is 5.39. The summed E-state index contributed by atoms with van der Waals surface area (Å²) in [7, 11) is 0. The van der Waals surface area contributed by atoms with Crippen molar-refractivity contribution in [1.82, 2.24) is 9.97 Å². The van der Waals surface area contributed by atoms with Crippen molar-refractivity contribution in [2.24, 2.45) is 0 Å². The van der Waals surface area contributed by atoms with Crippen molar-refractivity contribution in [3.63, 3.8) is 0 Å². The summed E-state index contributed by atoms with van der Waals surface area (Å²) >= 11 is 0. The number of hydrogen-bond acceptors (Lipinski definition) is 5. The minimum absolute atomic E-state index is 0.745. The van der Waals surface area contributed by atoms with Crippen LogP contribution >= 0.6 is 0 Å². The molecule has 0 N–H and O–H groups in total. The van der Waals surface area contributed by atoms with Crippen LogP contribution in [0.2, 0.25) is 0 Å². The predicted molar refractivity (Wildman–Crippen MR) is 88.2 cm³/mol. The number of morpholine rings is 1. The zero-order chi connectivity index (χ0) is 15.2. The first kappa shape index (κ1) is 14.8. The van der Waals surface area contributed by atoms with E-state index in [1.54, 1.807) is 0 Å². The lowest BCUT2D eigenvalue weighted by atomic mass is 10.2. The van der Waals surface area contributed by atoms with Crippen molar-refractivity contribution in [3.8, 4) is 0 Å². The fourth-order valence-corrected chi connectivity index (χ4v) is 2.59. The van der Waals surface area contributed by atoms with Crippen LogP contribution in [0.1, 0.15) is 12.5 Å². The van der Waals surface area contributed by atoms with E-state index in [4.69, 9.17) is 9.72 Å². The van der Waals surface area contributed by atoms with Gasteiger partial charge in [-0.1, -0.05) is 30.3 Å². The third-order valence-corrected chi connectivity index (χ3v) is 3.84. The zero-order valence-electron chi connectivity index (χ0n) is 13.0. The van der Waals surface area contributed by atoms with Crippen LogP contribution in [0.3, 0.4) is 0 Å². The molecule has 0 spiro atoms. The van der Waals surface area contributed by atoms with E-state index in [0.717, 1.165) is 51.2 Å². The topological polar surface area (TPSA) is 41.5 Å². The van der Waals surface area contributed by atoms with E-state index in [1.807, 2.05) is 18.3 Å². The molecule has 0 radical (unpaired) electrons. The highest BCUT2D eigenvalue weighted by Crippen LogP contribution is 2.18. The average molecular weight is 298 g/mol. The molecule has 1 aromatic heterocycles. The smallest absolute Gasteiger partial charge is 0.227 e. The summed E-state index contributed by atoms with van der Waals surface area (Å²) in [6.45, 7) is 7.12. The first-order chi connectivity index (χ1) is 10.9. The highest BCUT2D eigenvalue weighted by Gasteiger charge is 2.15. The van der Waals surface area contributed by atoms with Crippen LogP contribution in [0.25, 0.3) is 0 Å². The summed E-state index contributed by atoms with van der Waals surface area (Å²) < 4.78 is 5.39. The number of hydrogen-bond donors (Lipinski definition) is 0. The Balaban J connectivity index is 1.77. The van der Waals surface area contributed by atoms with Crippen molar-refractivity contribution in [2.75, 3.05) is 42.6 Å². The third-order valence-electron chi connectivity index (χ3n) is 3.84. The SMILES string of the molecule is CCN(Cc1ccccc1)c1ccnc(N2CCOCC2)n1. The second-order valence-corrected chi connectivity index (χ2v) is 5.31. The van der Waals surface area contributed by atoms with Crippen LogP contribution in [0.15, 0.2) is 42.6 Å². The van der Waals surface area contributed by atoms with Gasteiger partial charge < -0.3 is 14.5 Å². The van der Waals surface area contributed by atoms with Crippen LogP contribution in [-0.2, 0) is 11.3 Å². The van der Waals surface area contributed by atoms with Crippen LogP contribution in [0, 0.1) is 0 Å². The van der Waals surface area contributed by atoms with Gasteiger partial charge in [-0.15, -0.1) is 0 Å². The zero-order valence-corrected chi connectivity index (χ0v) is 13.0. The molecule has 0 saturated carbocycles. The van der Waals surface area contributed by atoms with Gasteiger partial charge in [-0.2, -0.15) is 4.98 Å². The molecule has 0 unspecified atom stereocenters. The lowest BCUT2D eigenvalue weighted by Crippen LogP contribution is -2.37. The lowest BCUT2D eigenvalue weighted by Gasteiger charge is -2.28. The molecule has 1 aromatic carbocycles. The van der Waals surface area contributed by atoms with Gasteiger partial charge in [0.15, 0.2) is 0 Å². The van der Waals surface area contributed by atoms with Crippen LogP contribution in [0.5, 0.6) is 0 Å². The van der Waals surface area contributed by atoms with Crippen LogP contribution in [-0.4, -0.2) is 42.8 Å². The highest BCUT2D eigenvalue weighted by atomic mass is 16.5. The second kappa shape index (κ2) is 7.22. The van der Waals surface area contributed by atoms with Gasteiger partial charge in [0.2, 0.25) is 5.95 Å². The quantitative estimate of drug-likeness (QED) is 0.847. The monoisotopic (exact) mass is 298 g/mol. The molecule has 0 amide bonds. The van der Waals surface area contributed by atoms with Gasteiger partial charge in [0.05, 0.1) is 13.2 Å². The van der Waals surface area contributed by atoms with Crippen LogP contribution in [0.4, 0.5) is 11.8 Å². The Morgan fingerprint density at radius 2 is 1.91 bits per heavy atom. The Morgan fingerprint density at radius 1 is 1.14 bits per heavy atom. The molecule has 0 atom stereocenters. The summed E-state index contributed by atoms with van der Waals surface area (Å²) in [5, 5.41) is 0. The number of nitrogens with zero attached hydrogens (tertiary/aromatic N) is 4. The molecular formula is C17H22N4O. The summed E-state index contributed by atoms with van der Waals surface area (Å²) in [4.78, 5) is 13.6. The highest BCUT2D eigenvalue weighted by molar-refractivity contribution is 5.44. The molecule has 22 heavy (non-hydrogen) atoms. The van der Waals surface area contributed by atoms with E-state index >= 15 is 0 Å². The molecule has 5 heteroatoms. The van der Waals surface area contributed by atoms with E-state index in [1.165, 1.54) is 5.56 Å². The number of rotatable bonds is 5. The molecule has 2 aromatic rings. The molecule has 1 aliphatic heterocycles. The van der Waals surface area contributed by atoms with Crippen molar-refractivity contribution in [2.45, 2.75) is 13.5 Å². The fourth-order valence-electron chi connectivity index (χ4n) is 2.59. The van der Waals surface area contributed by atoms with Gasteiger partial charge in [-0.05, 0) is 18.6 Å². The van der Waals surface area contributed by atoms with Crippen molar-refractivity contribution in [1.29, 1.82) is 0 Å². The Kier molecular flexibility index (Phi) is 4.85. The lowest BCUT2D eigenvalue weighted by molar-refractivity contribution is 0.122. The molecule has 0 bridgehead atoms. The van der Waals surface area contributed by atoms with Crippen molar-refractivity contribution < 1.29 is 4.74 Å². The van der Waals surface area contributed by atoms with Crippen LogP contribution < -0.4 is 9.80 Å². The minimum Gasteiger partial charge on any atom is -0.378 e. The van der Waals surface area contributed by atoms with E-state index in [2.05, 4.69) is 46.0 Å². The van der Waals surface area contributed by atoms with E-state index < -0.39 is 0 Å². The van der Waals surface area contributed by atoms with Crippen molar-refractivity contribution in [3.05, 3.63) is 48.2 Å². The number of benzene rings is 1. The minimum atomic E-state index is 0.745. The van der Waals surface area contributed by atoms with Gasteiger partial charge in [0.1, 0.15) is 5.82 Å². The second-order valence-electron chi connectivity index (χ2n) is 5.31. The Morgan fingerprint density at radius 3 is 2.64 bits per heavy atom. The van der Waals surface area contributed by atoms with E-state index in [9.17, 15) is 0 Å². The van der Waals surface area contributed by atoms with Gasteiger partial charge >= 0.3 is 0 Å². The molecule has 5 nitrogen and oxygen atoms in total. The molecule has 3 rings (SSSR count). The first-order valence-electron chi connectivity index (χ1n) is 7.81. The molecule has 116 valence electrons. The van der Waals surface area contributed by atoms with Crippen molar-refractivity contribution >= 4 is 11.8 Å². The summed E-state index contributed by atoms with van der Waals surface area (Å²) in [5.41, 5.74) is 1.29. The standard InChI is InChI=1S/C17H22N4O/c1-2-20(14-15-6-4-3-5-7-15)16-8-9-18-17(19-16)21-10-12-22-13-11-21/h3-9H,2,10-14H2,1H3. The first-order valence-corrected chi connectivity index (χ1v) is 7.81. The Bertz CT molecular complexity index is 584. The number of ether oxygens (including phenoxy) is 1. The van der Waals surface area contributed by atoms with E-state index in [-0.39, 0.29) is 0 Å². The third kappa shape index (κ3) is 3.54. The number of anilines is 2. The molecule has 2 heterocycles. The van der Waals surface area contributed by atoms with Gasteiger partial charge in [-0.25, -0.2) is 4.98 Å². The van der Waals surface area contributed by atoms with Gasteiger partial charge in [0.25, 0.3) is 0 Å². The summed E-state index contributed by atoms with van der Waals surface area (Å²) in [6, 6.07) is 12.5. The Hall–Kier alpha value is -2.14. The molecular weight excluding hydrogens is 276 g/mol. The maximum Gasteiger partial charge on any atom is 0.227 e. The largest absolute Gasteiger partial charge is 0.378 e. The molecule has 1 aliphatic rings. The Labute approximate surface area is 131 Å². The van der Waals surface area contributed by atoms with E-state index in [0.29, 0.717) is 0 Å². The fraction of sp³-hybridized carbons (Fsp3) is 0.412. The predicted octanol–water partition coefficient (Wildman–Crippen LogP) is 2.34. The summed E-state index contributed by atoms with van der Waals surface area (Å²) in [6.07, 6.45) is 1.85. The number of aromatic nitrogens is 2. The summed E-state index contributed by atoms with van der Waals surface area (Å²) in [5.74, 6) is 1.77. The normalized spacial score (nSPS) is 14.9. The molecule has 0 aliphatic carbocycles. The molecule has 1 saturated heterocycles. The maximum atomic E-state index is 5.39. The van der Waals surface area contributed by atoms with Gasteiger partial charge in [-0.3, -0.25) is 0 Å².